The Labute approximate surface area is 166 Å². The molecule has 2 heterocycles. The molecule has 0 spiro atoms. The SMILES string of the molecule is CCOC(=O)C1Cc2cc(S(=O)(=O)NCCC3CCCNC3)ccc2O1.Cl. The van der Waals surface area contributed by atoms with Gasteiger partial charge in [0.25, 0.3) is 0 Å². The number of carbonyl (C=O) groups is 1. The molecular formula is C18H27ClN2O5S. The highest BCUT2D eigenvalue weighted by Gasteiger charge is 2.31. The summed E-state index contributed by atoms with van der Waals surface area (Å²) in [5.74, 6) is 0.632. The number of carbonyl (C=O) groups excluding carboxylic acids is 1. The van der Waals surface area contributed by atoms with Crippen LogP contribution in [0.3, 0.4) is 0 Å². The van der Waals surface area contributed by atoms with E-state index in [2.05, 4.69) is 10.0 Å². The number of sulfonamides is 1. The summed E-state index contributed by atoms with van der Waals surface area (Å²) in [5.41, 5.74) is 0.711. The lowest BCUT2D eigenvalue weighted by molar-refractivity contribution is -0.150. The van der Waals surface area contributed by atoms with Crippen LogP contribution in [0.1, 0.15) is 31.7 Å². The largest absolute Gasteiger partial charge is 0.478 e. The van der Waals surface area contributed by atoms with E-state index in [-0.39, 0.29) is 23.9 Å². The maximum atomic E-state index is 12.5. The number of hydrogen-bond acceptors (Lipinski definition) is 6. The van der Waals surface area contributed by atoms with E-state index in [0.717, 1.165) is 32.4 Å². The van der Waals surface area contributed by atoms with Crippen molar-refractivity contribution in [2.45, 2.75) is 43.6 Å². The molecule has 0 amide bonds. The highest BCUT2D eigenvalue weighted by molar-refractivity contribution is 7.89. The number of hydrogen-bond donors (Lipinski definition) is 2. The van der Waals surface area contributed by atoms with Crippen molar-refractivity contribution >= 4 is 28.4 Å². The van der Waals surface area contributed by atoms with E-state index >= 15 is 0 Å². The number of halogens is 1. The average Bonchev–Trinajstić information content (AvgIpc) is 3.06. The van der Waals surface area contributed by atoms with E-state index in [1.54, 1.807) is 19.1 Å². The van der Waals surface area contributed by atoms with Gasteiger partial charge in [0.2, 0.25) is 10.0 Å². The Morgan fingerprint density at radius 2 is 2.22 bits per heavy atom. The van der Waals surface area contributed by atoms with Crippen molar-refractivity contribution in [3.05, 3.63) is 23.8 Å². The highest BCUT2D eigenvalue weighted by Crippen LogP contribution is 2.31. The van der Waals surface area contributed by atoms with Crippen LogP contribution >= 0.6 is 12.4 Å². The van der Waals surface area contributed by atoms with Gasteiger partial charge in [0.05, 0.1) is 11.5 Å². The summed E-state index contributed by atoms with van der Waals surface area (Å²) >= 11 is 0. The minimum Gasteiger partial charge on any atom is -0.478 e. The van der Waals surface area contributed by atoms with Crippen molar-refractivity contribution in [3.63, 3.8) is 0 Å². The summed E-state index contributed by atoms with van der Waals surface area (Å²) in [7, 11) is -3.57. The van der Waals surface area contributed by atoms with E-state index in [0.29, 0.717) is 30.2 Å². The second-order valence-electron chi connectivity index (χ2n) is 6.73. The fourth-order valence-corrected chi connectivity index (χ4v) is 4.51. The van der Waals surface area contributed by atoms with Gasteiger partial charge in [0.15, 0.2) is 6.10 Å². The van der Waals surface area contributed by atoms with Crippen LogP contribution < -0.4 is 14.8 Å². The van der Waals surface area contributed by atoms with Crippen molar-refractivity contribution in [1.29, 1.82) is 0 Å². The molecule has 2 unspecified atom stereocenters. The van der Waals surface area contributed by atoms with Crippen LogP contribution in [0.4, 0.5) is 0 Å². The van der Waals surface area contributed by atoms with Crippen molar-refractivity contribution in [2.75, 3.05) is 26.2 Å². The third-order valence-corrected chi connectivity index (χ3v) is 6.27. The first-order valence-electron chi connectivity index (χ1n) is 9.16. The number of piperidine rings is 1. The van der Waals surface area contributed by atoms with Crippen LogP contribution in [0, 0.1) is 5.92 Å². The summed E-state index contributed by atoms with van der Waals surface area (Å²) in [6, 6.07) is 4.70. The molecule has 2 aliphatic rings. The van der Waals surface area contributed by atoms with Crippen LogP contribution in [-0.2, 0) is 26.0 Å². The Balaban J connectivity index is 0.00000261. The van der Waals surface area contributed by atoms with Gasteiger partial charge >= 0.3 is 5.97 Å². The van der Waals surface area contributed by atoms with Gasteiger partial charge in [-0.25, -0.2) is 17.9 Å². The van der Waals surface area contributed by atoms with Gasteiger partial charge in [0.1, 0.15) is 5.75 Å². The van der Waals surface area contributed by atoms with Crippen molar-refractivity contribution < 1.29 is 22.7 Å². The molecule has 3 rings (SSSR count). The van der Waals surface area contributed by atoms with Crippen molar-refractivity contribution in [2.24, 2.45) is 5.92 Å². The number of benzene rings is 1. The molecular weight excluding hydrogens is 392 g/mol. The van der Waals surface area contributed by atoms with E-state index in [9.17, 15) is 13.2 Å². The van der Waals surface area contributed by atoms with E-state index < -0.39 is 22.1 Å². The van der Waals surface area contributed by atoms with Gasteiger partial charge < -0.3 is 14.8 Å². The second-order valence-corrected chi connectivity index (χ2v) is 8.50. The molecule has 1 fully saturated rings. The average molecular weight is 419 g/mol. The number of rotatable bonds is 7. The predicted octanol–water partition coefficient (Wildman–Crippen LogP) is 1.64. The summed E-state index contributed by atoms with van der Waals surface area (Å²) in [6.07, 6.45) is 2.73. The Hall–Kier alpha value is -1.35. The lowest BCUT2D eigenvalue weighted by Gasteiger charge is -2.22. The van der Waals surface area contributed by atoms with Gasteiger partial charge in [-0.3, -0.25) is 0 Å². The molecule has 7 nitrogen and oxygen atoms in total. The zero-order valence-corrected chi connectivity index (χ0v) is 17.0. The summed E-state index contributed by atoms with van der Waals surface area (Å²) in [4.78, 5) is 12.0. The standard InChI is InChI=1S/C18H26N2O5S.ClH/c1-2-24-18(21)17-11-14-10-15(5-6-16(14)25-17)26(22,23)20-9-7-13-4-3-8-19-12-13;/h5-6,10,13,17,19-20H,2-4,7-9,11-12H2,1H3;1H. The quantitative estimate of drug-likeness (QED) is 0.654. The normalized spacial score (nSPS) is 21.7. The van der Waals surface area contributed by atoms with Crippen molar-refractivity contribution in [1.82, 2.24) is 10.0 Å². The summed E-state index contributed by atoms with van der Waals surface area (Å²) in [5, 5.41) is 3.34. The first-order valence-corrected chi connectivity index (χ1v) is 10.6. The molecule has 9 heteroatoms. The molecule has 0 radical (unpaired) electrons. The minimum absolute atomic E-state index is 0. The lowest BCUT2D eigenvalue weighted by atomic mass is 9.96. The molecule has 0 saturated carbocycles. The van der Waals surface area contributed by atoms with Gasteiger partial charge in [0, 0.05) is 13.0 Å². The smallest absolute Gasteiger partial charge is 0.347 e. The molecule has 152 valence electrons. The highest BCUT2D eigenvalue weighted by atomic mass is 35.5. The minimum atomic E-state index is -3.57. The van der Waals surface area contributed by atoms with Gasteiger partial charge in [-0.15, -0.1) is 12.4 Å². The van der Waals surface area contributed by atoms with Gasteiger partial charge in [-0.2, -0.15) is 0 Å². The maximum Gasteiger partial charge on any atom is 0.347 e. The first-order chi connectivity index (χ1) is 12.5. The topological polar surface area (TPSA) is 93.7 Å². The number of fused-ring (bicyclic) bond motifs is 1. The zero-order valence-electron chi connectivity index (χ0n) is 15.4. The van der Waals surface area contributed by atoms with Crippen LogP contribution in [0.25, 0.3) is 0 Å². The van der Waals surface area contributed by atoms with Gasteiger partial charge in [-0.1, -0.05) is 0 Å². The molecule has 27 heavy (non-hydrogen) atoms. The number of nitrogens with one attached hydrogen (secondary N) is 2. The van der Waals surface area contributed by atoms with Crippen molar-refractivity contribution in [3.8, 4) is 5.75 Å². The van der Waals surface area contributed by atoms with Gasteiger partial charge in [-0.05, 0) is 69.0 Å². The Morgan fingerprint density at radius 3 is 2.93 bits per heavy atom. The van der Waals surface area contributed by atoms with Crippen LogP contribution in [0.15, 0.2) is 23.1 Å². The Kier molecular flexibility index (Phi) is 7.91. The monoisotopic (exact) mass is 418 g/mol. The second kappa shape index (κ2) is 9.73. The molecule has 1 aromatic rings. The number of ether oxygens (including phenoxy) is 2. The fourth-order valence-electron chi connectivity index (χ4n) is 3.41. The molecule has 0 aromatic heterocycles. The molecule has 2 N–H and O–H groups in total. The van der Waals surface area contributed by atoms with E-state index in [1.165, 1.54) is 6.07 Å². The molecule has 0 bridgehead atoms. The lowest BCUT2D eigenvalue weighted by Crippen LogP contribution is -2.33. The Morgan fingerprint density at radius 1 is 1.41 bits per heavy atom. The predicted molar refractivity (Wildman–Crippen MR) is 104 cm³/mol. The van der Waals surface area contributed by atoms with E-state index in [1.807, 2.05) is 0 Å². The Bertz CT molecular complexity index is 750. The fraction of sp³-hybridized carbons (Fsp3) is 0.611. The number of esters is 1. The zero-order chi connectivity index (χ0) is 18.6. The third kappa shape index (κ3) is 5.57. The van der Waals surface area contributed by atoms with E-state index in [4.69, 9.17) is 9.47 Å². The first kappa shape index (κ1) is 21.9. The molecule has 1 saturated heterocycles. The third-order valence-electron chi connectivity index (χ3n) is 4.81. The molecule has 2 aliphatic heterocycles. The van der Waals surface area contributed by atoms with Crippen LogP contribution in [-0.4, -0.2) is 46.7 Å². The summed E-state index contributed by atoms with van der Waals surface area (Å²) < 4.78 is 38.3. The molecule has 0 aliphatic carbocycles. The van der Waals surface area contributed by atoms with Crippen LogP contribution in [0.5, 0.6) is 5.75 Å². The maximum absolute atomic E-state index is 12.5. The van der Waals surface area contributed by atoms with Crippen LogP contribution in [0.2, 0.25) is 0 Å². The molecule has 1 aromatic carbocycles. The summed E-state index contributed by atoms with van der Waals surface area (Å²) in [6.45, 7) is 4.45. The molecule has 2 atom stereocenters.